The number of rotatable bonds is 3. The van der Waals surface area contributed by atoms with Crippen molar-refractivity contribution in [1.29, 1.82) is 0 Å². The van der Waals surface area contributed by atoms with E-state index in [0.29, 0.717) is 0 Å². The van der Waals surface area contributed by atoms with Crippen LogP contribution in [0.1, 0.15) is 26.3 Å². The van der Waals surface area contributed by atoms with Crippen molar-refractivity contribution in [3.63, 3.8) is 0 Å². The summed E-state index contributed by atoms with van der Waals surface area (Å²) in [6, 6.07) is 4.08. The van der Waals surface area contributed by atoms with Gasteiger partial charge in [0.05, 0.1) is 0 Å². The van der Waals surface area contributed by atoms with Crippen molar-refractivity contribution in [2.75, 3.05) is 13.6 Å². The second-order valence-electron chi connectivity index (χ2n) is 2.44. The van der Waals surface area contributed by atoms with E-state index in [1.54, 1.807) is 0 Å². The van der Waals surface area contributed by atoms with Crippen LogP contribution in [0.15, 0.2) is 24.5 Å². The number of carbonyl (C=O) groups excluding carboxylic acids is 1. The lowest BCUT2D eigenvalue weighted by Gasteiger charge is -1.97. The molecule has 0 atom stereocenters. The number of carbonyl (C=O) groups is 1. The Bertz CT molecular complexity index is 212. The maximum absolute atomic E-state index is 8.81. The van der Waals surface area contributed by atoms with Gasteiger partial charge in [0.2, 0.25) is 0 Å². The van der Waals surface area contributed by atoms with Crippen LogP contribution in [0.3, 0.4) is 0 Å². The molecule has 0 saturated carbocycles. The second-order valence-corrected chi connectivity index (χ2v) is 2.44. The highest BCUT2D eigenvalue weighted by Gasteiger charge is 1.87. The molecule has 1 rings (SSSR count). The third kappa shape index (κ3) is 12.8. The molecule has 1 aromatic heterocycles. The smallest absolute Gasteiger partial charge is 0.116 e. The van der Waals surface area contributed by atoms with Gasteiger partial charge in [0.25, 0.3) is 0 Å². The maximum Gasteiger partial charge on any atom is 0.116 e. The van der Waals surface area contributed by atoms with Crippen LogP contribution in [0.25, 0.3) is 0 Å². The quantitative estimate of drug-likeness (QED) is 0.777. The highest BCUT2D eigenvalue weighted by atomic mass is 16.1. The summed E-state index contributed by atoms with van der Waals surface area (Å²) in [7, 11) is 1.96. The Hall–Kier alpha value is -1.22. The van der Waals surface area contributed by atoms with Gasteiger partial charge in [-0.3, -0.25) is 4.98 Å². The van der Waals surface area contributed by atoms with E-state index in [2.05, 4.69) is 10.3 Å². The van der Waals surface area contributed by atoms with Crippen molar-refractivity contribution in [1.82, 2.24) is 10.3 Å². The molecule has 1 N–H and O–H groups in total. The minimum atomic E-state index is 0.750. The monoisotopic (exact) mass is 210 g/mol. The summed E-state index contributed by atoms with van der Waals surface area (Å²) in [5, 5.41) is 3.10. The summed E-state index contributed by atoms with van der Waals surface area (Å²) >= 11 is 0. The molecule has 0 bridgehead atoms. The minimum Gasteiger partial charge on any atom is -0.319 e. The molecule has 0 saturated heterocycles. The van der Waals surface area contributed by atoms with E-state index in [1.807, 2.05) is 45.4 Å². The first kappa shape index (κ1) is 16.2. The molecule has 1 heterocycles. The van der Waals surface area contributed by atoms with Crippen LogP contribution in [0, 0.1) is 0 Å². The van der Waals surface area contributed by atoms with Crippen molar-refractivity contribution >= 4 is 6.29 Å². The summed E-state index contributed by atoms with van der Waals surface area (Å²) in [5.41, 5.74) is 1.34. The summed E-state index contributed by atoms with van der Waals surface area (Å²) in [4.78, 5) is 12.7. The Morgan fingerprint density at radius 1 is 1.33 bits per heavy atom. The summed E-state index contributed by atoms with van der Waals surface area (Å²) in [6.07, 6.45) is 5.48. The van der Waals surface area contributed by atoms with Crippen LogP contribution in [-0.4, -0.2) is 24.9 Å². The Morgan fingerprint density at radius 2 is 1.80 bits per heavy atom. The zero-order valence-electron chi connectivity index (χ0n) is 10.2. The Labute approximate surface area is 92.9 Å². The van der Waals surface area contributed by atoms with Crippen LogP contribution in [-0.2, 0) is 11.2 Å². The Morgan fingerprint density at radius 3 is 2.20 bits per heavy atom. The molecule has 1 aromatic rings. The molecule has 0 aromatic carbocycles. The van der Waals surface area contributed by atoms with Gasteiger partial charge in [-0.25, -0.2) is 0 Å². The number of aromatic nitrogens is 1. The summed E-state index contributed by atoms with van der Waals surface area (Å²) < 4.78 is 0. The normalized spacial score (nSPS) is 7.73. The molecule has 86 valence electrons. The number of nitrogens with zero attached hydrogens (tertiary/aromatic N) is 1. The van der Waals surface area contributed by atoms with E-state index >= 15 is 0 Å². The number of aldehydes is 1. The van der Waals surface area contributed by atoms with Gasteiger partial charge in [0.15, 0.2) is 0 Å². The number of nitrogens with one attached hydrogen (secondary N) is 1. The summed E-state index contributed by atoms with van der Waals surface area (Å²) in [6.45, 7) is 6.48. The van der Waals surface area contributed by atoms with Crippen molar-refractivity contribution < 1.29 is 4.79 Å². The van der Waals surface area contributed by atoms with Gasteiger partial charge in [-0.2, -0.15) is 0 Å². The molecule has 3 heteroatoms. The van der Waals surface area contributed by atoms with E-state index in [9.17, 15) is 0 Å². The lowest BCUT2D eigenvalue weighted by atomic mass is 10.2. The van der Waals surface area contributed by atoms with Crippen LogP contribution in [0.4, 0.5) is 0 Å². The van der Waals surface area contributed by atoms with Crippen molar-refractivity contribution in [2.45, 2.75) is 27.2 Å². The molecular formula is C12H22N2O. The molecule has 0 radical (unpaired) electrons. The first-order valence-corrected chi connectivity index (χ1v) is 5.28. The van der Waals surface area contributed by atoms with E-state index in [4.69, 9.17) is 4.79 Å². The maximum atomic E-state index is 8.81. The predicted molar refractivity (Wildman–Crippen MR) is 65.0 cm³/mol. The Kier molecular flexibility index (Phi) is 16.5. The molecule has 0 amide bonds. The number of pyridine rings is 1. The standard InChI is InChI=1S/C8H12N2.C2H4O.C2H6/c1-9-5-2-8-3-6-10-7-4-8;1-2-3;1-2/h3-4,6-7,9H,2,5H2,1H3;2H,1H3;1-2H3. The topological polar surface area (TPSA) is 42.0 Å². The van der Waals surface area contributed by atoms with Gasteiger partial charge >= 0.3 is 0 Å². The van der Waals surface area contributed by atoms with Gasteiger partial charge in [-0.15, -0.1) is 0 Å². The molecule has 15 heavy (non-hydrogen) atoms. The lowest BCUT2D eigenvalue weighted by Crippen LogP contribution is -2.10. The van der Waals surface area contributed by atoms with Crippen molar-refractivity contribution in [3.05, 3.63) is 30.1 Å². The molecule has 0 unspecified atom stereocenters. The van der Waals surface area contributed by atoms with Crippen LogP contribution < -0.4 is 5.32 Å². The minimum absolute atomic E-state index is 0.750. The molecule has 0 aliphatic heterocycles. The second kappa shape index (κ2) is 15.3. The third-order valence-electron chi connectivity index (χ3n) is 1.41. The lowest BCUT2D eigenvalue weighted by molar-refractivity contribution is -0.106. The average molecular weight is 210 g/mol. The third-order valence-corrected chi connectivity index (χ3v) is 1.41. The SMILES string of the molecule is CC.CC=O.CNCCc1ccncc1. The van der Waals surface area contributed by atoms with E-state index in [1.165, 1.54) is 12.5 Å². The fourth-order valence-corrected chi connectivity index (χ4v) is 0.819. The van der Waals surface area contributed by atoms with Crippen molar-refractivity contribution in [2.24, 2.45) is 0 Å². The highest BCUT2D eigenvalue weighted by molar-refractivity contribution is 5.44. The molecule has 0 fully saturated rings. The highest BCUT2D eigenvalue weighted by Crippen LogP contribution is 1.95. The fourth-order valence-electron chi connectivity index (χ4n) is 0.819. The van der Waals surface area contributed by atoms with Crippen LogP contribution in [0.5, 0.6) is 0 Å². The van der Waals surface area contributed by atoms with Crippen molar-refractivity contribution in [3.8, 4) is 0 Å². The van der Waals surface area contributed by atoms with E-state index in [0.717, 1.165) is 19.3 Å². The van der Waals surface area contributed by atoms with Gasteiger partial charge in [0, 0.05) is 12.4 Å². The van der Waals surface area contributed by atoms with Gasteiger partial charge in [0.1, 0.15) is 6.29 Å². The van der Waals surface area contributed by atoms with Gasteiger partial charge in [-0.05, 0) is 44.6 Å². The van der Waals surface area contributed by atoms with Crippen LogP contribution >= 0.6 is 0 Å². The Balaban J connectivity index is 0. The van der Waals surface area contributed by atoms with E-state index < -0.39 is 0 Å². The molecule has 0 aliphatic carbocycles. The van der Waals surface area contributed by atoms with Crippen LogP contribution in [0.2, 0.25) is 0 Å². The first-order valence-electron chi connectivity index (χ1n) is 5.28. The number of hydrogen-bond acceptors (Lipinski definition) is 3. The summed E-state index contributed by atoms with van der Waals surface area (Å²) in [5.74, 6) is 0. The molecule has 0 aliphatic rings. The zero-order valence-corrected chi connectivity index (χ0v) is 10.2. The zero-order chi connectivity index (χ0) is 11.9. The average Bonchev–Trinajstić information content (AvgIpc) is 2.31. The molecule has 0 spiro atoms. The number of hydrogen-bond donors (Lipinski definition) is 1. The van der Waals surface area contributed by atoms with Gasteiger partial charge < -0.3 is 10.1 Å². The predicted octanol–water partition coefficient (Wildman–Crippen LogP) is 2.07. The first-order chi connectivity index (χ1) is 7.35. The number of likely N-dealkylation sites (N-methyl/N-ethyl adjacent to an activating group) is 1. The van der Waals surface area contributed by atoms with E-state index in [-0.39, 0.29) is 0 Å². The largest absolute Gasteiger partial charge is 0.319 e. The fraction of sp³-hybridized carbons (Fsp3) is 0.500. The molecule has 3 nitrogen and oxygen atoms in total. The molecular weight excluding hydrogens is 188 g/mol. The van der Waals surface area contributed by atoms with Gasteiger partial charge in [-0.1, -0.05) is 13.8 Å².